The van der Waals surface area contributed by atoms with Crippen molar-refractivity contribution in [3.63, 3.8) is 0 Å². The number of carbonyl (C=O) groups is 1. The SMILES string of the molecule is O=C(NCCCOc1ccc(Br)cc1Cl)Nc1ccccc1C(F)(F)F. The van der Waals surface area contributed by atoms with Gasteiger partial charge in [-0.15, -0.1) is 0 Å². The molecule has 0 spiro atoms. The van der Waals surface area contributed by atoms with Crippen LogP contribution in [0.4, 0.5) is 23.7 Å². The molecule has 2 aromatic carbocycles. The molecule has 0 fully saturated rings. The summed E-state index contributed by atoms with van der Waals surface area (Å²) in [6.07, 6.45) is -4.08. The molecule has 2 aromatic rings. The van der Waals surface area contributed by atoms with E-state index in [1.165, 1.54) is 18.2 Å². The molecular formula is C17H15BrClF3N2O2. The minimum Gasteiger partial charge on any atom is -0.492 e. The number of carbonyl (C=O) groups excluding carboxylic acids is 1. The average Bonchev–Trinajstić information content (AvgIpc) is 2.56. The third-order valence-corrected chi connectivity index (χ3v) is 4.03. The van der Waals surface area contributed by atoms with Crippen LogP contribution in [-0.4, -0.2) is 19.2 Å². The Morgan fingerprint density at radius 2 is 1.92 bits per heavy atom. The van der Waals surface area contributed by atoms with E-state index < -0.39 is 17.8 Å². The van der Waals surface area contributed by atoms with Crippen LogP contribution in [0.5, 0.6) is 5.75 Å². The summed E-state index contributed by atoms with van der Waals surface area (Å²) in [7, 11) is 0. The number of rotatable bonds is 6. The van der Waals surface area contributed by atoms with Gasteiger partial charge in [-0.2, -0.15) is 13.2 Å². The summed E-state index contributed by atoms with van der Waals surface area (Å²) in [4.78, 5) is 11.8. The highest BCUT2D eigenvalue weighted by Gasteiger charge is 2.33. The highest BCUT2D eigenvalue weighted by molar-refractivity contribution is 9.10. The number of urea groups is 1. The Kier molecular flexibility index (Phi) is 7.16. The van der Waals surface area contributed by atoms with Gasteiger partial charge in [-0.25, -0.2) is 4.79 Å². The molecule has 0 aliphatic carbocycles. The Hall–Kier alpha value is -1.93. The van der Waals surface area contributed by atoms with E-state index in [0.717, 1.165) is 10.5 Å². The Morgan fingerprint density at radius 3 is 2.62 bits per heavy atom. The van der Waals surface area contributed by atoms with Crippen LogP contribution < -0.4 is 15.4 Å². The molecule has 0 atom stereocenters. The maximum Gasteiger partial charge on any atom is 0.418 e. The maximum absolute atomic E-state index is 12.9. The predicted molar refractivity (Wildman–Crippen MR) is 97.7 cm³/mol. The van der Waals surface area contributed by atoms with Crippen LogP contribution in [0.25, 0.3) is 0 Å². The van der Waals surface area contributed by atoms with Crippen molar-refractivity contribution in [2.24, 2.45) is 0 Å². The first-order chi connectivity index (χ1) is 12.3. The molecule has 0 unspecified atom stereocenters. The fourth-order valence-corrected chi connectivity index (χ4v) is 2.78. The van der Waals surface area contributed by atoms with Gasteiger partial charge in [0.05, 0.1) is 22.9 Å². The summed E-state index contributed by atoms with van der Waals surface area (Å²) >= 11 is 9.29. The zero-order chi connectivity index (χ0) is 19.2. The van der Waals surface area contributed by atoms with E-state index >= 15 is 0 Å². The van der Waals surface area contributed by atoms with E-state index in [4.69, 9.17) is 16.3 Å². The van der Waals surface area contributed by atoms with Crippen molar-refractivity contribution in [1.29, 1.82) is 0 Å². The van der Waals surface area contributed by atoms with Gasteiger partial charge in [-0.1, -0.05) is 39.7 Å². The van der Waals surface area contributed by atoms with E-state index in [1.54, 1.807) is 18.2 Å². The van der Waals surface area contributed by atoms with E-state index in [-0.39, 0.29) is 12.2 Å². The largest absolute Gasteiger partial charge is 0.492 e. The molecule has 0 radical (unpaired) electrons. The van der Waals surface area contributed by atoms with Gasteiger partial charge in [-0.05, 0) is 36.8 Å². The van der Waals surface area contributed by atoms with Crippen LogP contribution in [0, 0.1) is 0 Å². The van der Waals surface area contributed by atoms with Crippen molar-refractivity contribution < 1.29 is 22.7 Å². The lowest BCUT2D eigenvalue weighted by molar-refractivity contribution is -0.136. The maximum atomic E-state index is 12.9. The van der Waals surface area contributed by atoms with Crippen molar-refractivity contribution in [1.82, 2.24) is 5.32 Å². The van der Waals surface area contributed by atoms with Crippen LogP contribution in [0.1, 0.15) is 12.0 Å². The molecule has 0 aliphatic rings. The summed E-state index contributed by atoms with van der Waals surface area (Å²) in [5, 5.41) is 5.14. The molecule has 2 amide bonds. The standard InChI is InChI=1S/C17H15BrClF3N2O2/c18-11-6-7-15(13(19)10-11)26-9-3-8-23-16(25)24-14-5-2-1-4-12(14)17(20,21)22/h1-2,4-7,10H,3,8-9H2,(H2,23,24,25). The smallest absolute Gasteiger partial charge is 0.418 e. The highest BCUT2D eigenvalue weighted by atomic mass is 79.9. The second-order valence-electron chi connectivity index (χ2n) is 5.20. The number of anilines is 1. The van der Waals surface area contributed by atoms with Gasteiger partial charge < -0.3 is 15.4 Å². The lowest BCUT2D eigenvalue weighted by Gasteiger charge is -2.14. The lowest BCUT2D eigenvalue weighted by atomic mass is 10.1. The number of halogens is 5. The highest BCUT2D eigenvalue weighted by Crippen LogP contribution is 2.34. The summed E-state index contributed by atoms with van der Waals surface area (Å²) in [5.74, 6) is 0.512. The third kappa shape index (κ3) is 6.10. The van der Waals surface area contributed by atoms with Crippen LogP contribution in [0.2, 0.25) is 5.02 Å². The molecule has 140 valence electrons. The number of hydrogen-bond donors (Lipinski definition) is 2. The van der Waals surface area contributed by atoms with Crippen molar-refractivity contribution in [3.05, 3.63) is 57.5 Å². The van der Waals surface area contributed by atoms with Crippen LogP contribution >= 0.6 is 27.5 Å². The lowest BCUT2D eigenvalue weighted by Crippen LogP contribution is -2.31. The summed E-state index contributed by atoms with van der Waals surface area (Å²) in [6, 6.07) is 9.25. The monoisotopic (exact) mass is 450 g/mol. The topological polar surface area (TPSA) is 50.4 Å². The molecule has 0 saturated carbocycles. The normalized spacial score (nSPS) is 11.1. The first-order valence-corrected chi connectivity index (χ1v) is 8.73. The van der Waals surface area contributed by atoms with Gasteiger partial charge in [0.1, 0.15) is 5.75 Å². The Morgan fingerprint density at radius 1 is 1.19 bits per heavy atom. The van der Waals surface area contributed by atoms with Gasteiger partial charge in [0.25, 0.3) is 0 Å². The van der Waals surface area contributed by atoms with E-state index in [0.29, 0.717) is 23.8 Å². The number of hydrogen-bond acceptors (Lipinski definition) is 2. The van der Waals surface area contributed by atoms with Crippen molar-refractivity contribution >= 4 is 39.2 Å². The quantitative estimate of drug-likeness (QED) is 0.553. The first kappa shape index (κ1) is 20.4. The minimum absolute atomic E-state index is 0.230. The number of para-hydroxylation sites is 1. The number of alkyl halides is 3. The second kappa shape index (κ2) is 9.14. The fraction of sp³-hybridized carbons (Fsp3) is 0.235. The van der Waals surface area contributed by atoms with Gasteiger partial charge in [0, 0.05) is 11.0 Å². The van der Waals surface area contributed by atoms with Crippen molar-refractivity contribution in [2.45, 2.75) is 12.6 Å². The summed E-state index contributed by atoms with van der Waals surface area (Å²) in [5.41, 5.74) is -1.20. The molecule has 0 saturated heterocycles. The molecule has 0 aliphatic heterocycles. The third-order valence-electron chi connectivity index (χ3n) is 3.24. The molecule has 0 aromatic heterocycles. The minimum atomic E-state index is -4.54. The Labute approximate surface area is 161 Å². The van der Waals surface area contributed by atoms with Crippen molar-refractivity contribution in [2.75, 3.05) is 18.5 Å². The Balaban J connectivity index is 1.76. The summed E-state index contributed by atoms with van der Waals surface area (Å²) < 4.78 is 44.9. The van der Waals surface area contributed by atoms with Crippen LogP contribution in [-0.2, 0) is 6.18 Å². The number of amides is 2. The van der Waals surface area contributed by atoms with Gasteiger partial charge in [0.2, 0.25) is 0 Å². The predicted octanol–water partition coefficient (Wildman–Crippen LogP) is 5.71. The second-order valence-corrected chi connectivity index (χ2v) is 6.52. The number of benzene rings is 2. The van der Waals surface area contributed by atoms with E-state index in [9.17, 15) is 18.0 Å². The molecule has 2 N–H and O–H groups in total. The first-order valence-electron chi connectivity index (χ1n) is 7.56. The van der Waals surface area contributed by atoms with Gasteiger partial charge >= 0.3 is 12.2 Å². The number of ether oxygens (including phenoxy) is 1. The van der Waals surface area contributed by atoms with Gasteiger partial charge in [-0.3, -0.25) is 0 Å². The van der Waals surface area contributed by atoms with Crippen LogP contribution in [0.3, 0.4) is 0 Å². The number of nitrogens with one attached hydrogen (secondary N) is 2. The Bertz CT molecular complexity index is 772. The molecule has 26 heavy (non-hydrogen) atoms. The van der Waals surface area contributed by atoms with Crippen molar-refractivity contribution in [3.8, 4) is 5.75 Å². The molecule has 2 rings (SSSR count). The molecule has 9 heteroatoms. The van der Waals surface area contributed by atoms with Gasteiger partial charge in [0.15, 0.2) is 0 Å². The molecule has 0 bridgehead atoms. The zero-order valence-corrected chi connectivity index (χ0v) is 15.7. The molecule has 4 nitrogen and oxygen atoms in total. The summed E-state index contributed by atoms with van der Waals surface area (Å²) in [6.45, 7) is 0.523. The molecular weight excluding hydrogens is 437 g/mol. The zero-order valence-electron chi connectivity index (χ0n) is 13.4. The average molecular weight is 452 g/mol. The van der Waals surface area contributed by atoms with Crippen LogP contribution in [0.15, 0.2) is 46.9 Å². The fourth-order valence-electron chi connectivity index (χ4n) is 2.05. The van der Waals surface area contributed by atoms with E-state index in [2.05, 4.69) is 26.6 Å². The molecule has 0 heterocycles. The van der Waals surface area contributed by atoms with E-state index in [1.807, 2.05) is 0 Å².